The van der Waals surface area contributed by atoms with Crippen molar-refractivity contribution < 1.29 is 13.9 Å². The van der Waals surface area contributed by atoms with Gasteiger partial charge in [-0.25, -0.2) is 4.39 Å². The summed E-state index contributed by atoms with van der Waals surface area (Å²) in [6, 6.07) is 11.8. The van der Waals surface area contributed by atoms with E-state index in [9.17, 15) is 9.18 Å². The Labute approximate surface area is 142 Å². The number of amidine groups is 1. The molecule has 0 bridgehead atoms. The van der Waals surface area contributed by atoms with Crippen molar-refractivity contribution in [2.45, 2.75) is 0 Å². The van der Waals surface area contributed by atoms with Gasteiger partial charge in [0.2, 0.25) is 5.91 Å². The second-order valence-electron chi connectivity index (χ2n) is 4.95. The van der Waals surface area contributed by atoms with Crippen LogP contribution in [0.15, 0.2) is 52.7 Å². The molecule has 5 nitrogen and oxygen atoms in total. The van der Waals surface area contributed by atoms with E-state index < -0.39 is 0 Å². The molecule has 1 heterocycles. The maximum atomic E-state index is 13.5. The van der Waals surface area contributed by atoms with Gasteiger partial charge in [-0.05, 0) is 29.3 Å². The number of thioether (sulfide) groups is 1. The van der Waals surface area contributed by atoms with Gasteiger partial charge in [0.15, 0.2) is 5.17 Å². The third-order valence-electron chi connectivity index (χ3n) is 3.32. The van der Waals surface area contributed by atoms with Crippen molar-refractivity contribution in [2.24, 2.45) is 10.2 Å². The first-order valence-electron chi connectivity index (χ1n) is 7.13. The molecular weight excluding hydrogens is 329 g/mol. The van der Waals surface area contributed by atoms with E-state index in [1.54, 1.807) is 19.4 Å². The molecule has 1 aliphatic rings. The van der Waals surface area contributed by atoms with Gasteiger partial charge in [0.25, 0.3) is 0 Å². The van der Waals surface area contributed by atoms with Crippen molar-refractivity contribution in [3.63, 3.8) is 0 Å². The van der Waals surface area contributed by atoms with Crippen molar-refractivity contribution in [1.82, 2.24) is 5.32 Å². The van der Waals surface area contributed by atoms with Gasteiger partial charge in [0.05, 0.1) is 19.1 Å². The Morgan fingerprint density at radius 3 is 2.71 bits per heavy atom. The molecule has 0 aromatic heterocycles. The summed E-state index contributed by atoms with van der Waals surface area (Å²) < 4.78 is 18.7. The zero-order chi connectivity index (χ0) is 16.9. The molecule has 0 spiro atoms. The maximum absolute atomic E-state index is 13.5. The van der Waals surface area contributed by atoms with E-state index in [1.165, 1.54) is 23.9 Å². The quantitative estimate of drug-likeness (QED) is 0.685. The lowest BCUT2D eigenvalue weighted by Gasteiger charge is -2.08. The summed E-state index contributed by atoms with van der Waals surface area (Å²) in [4.78, 5) is 11.0. The molecule has 24 heavy (non-hydrogen) atoms. The third-order valence-corrected chi connectivity index (χ3v) is 4.19. The number of nitrogens with one attached hydrogen (secondary N) is 1. The number of carbonyl (C=O) groups excluding carboxylic acids is 1. The summed E-state index contributed by atoms with van der Waals surface area (Å²) in [5.41, 5.74) is 2.37. The van der Waals surface area contributed by atoms with Crippen molar-refractivity contribution in [1.29, 1.82) is 0 Å². The molecule has 2 aromatic carbocycles. The molecule has 1 saturated heterocycles. The minimum Gasteiger partial charge on any atom is -0.496 e. The van der Waals surface area contributed by atoms with Gasteiger partial charge in [0, 0.05) is 5.56 Å². The third kappa shape index (κ3) is 3.80. The van der Waals surface area contributed by atoms with Crippen LogP contribution in [0.1, 0.15) is 5.56 Å². The van der Waals surface area contributed by atoms with Crippen LogP contribution in [-0.2, 0) is 4.79 Å². The van der Waals surface area contributed by atoms with Crippen molar-refractivity contribution in [2.75, 3.05) is 12.9 Å². The minimum absolute atomic E-state index is 0.0673. The zero-order valence-electron chi connectivity index (χ0n) is 12.8. The van der Waals surface area contributed by atoms with Gasteiger partial charge >= 0.3 is 0 Å². The fraction of sp³-hybridized carbons (Fsp3) is 0.118. The number of nitrogens with zero attached hydrogens (tertiary/aromatic N) is 2. The van der Waals surface area contributed by atoms with E-state index in [1.807, 2.05) is 24.3 Å². The van der Waals surface area contributed by atoms with E-state index in [2.05, 4.69) is 15.5 Å². The Balaban J connectivity index is 1.76. The molecule has 1 aliphatic heterocycles. The molecule has 0 atom stereocenters. The largest absolute Gasteiger partial charge is 0.496 e. The summed E-state index contributed by atoms with van der Waals surface area (Å²) in [6.07, 6.45) is 1.59. The Hall–Kier alpha value is -2.67. The van der Waals surface area contributed by atoms with Crippen LogP contribution in [0.25, 0.3) is 11.1 Å². The average molecular weight is 343 g/mol. The van der Waals surface area contributed by atoms with Crippen LogP contribution in [0.5, 0.6) is 5.75 Å². The number of ether oxygens (including phenoxy) is 1. The average Bonchev–Trinajstić information content (AvgIpc) is 3.01. The number of benzene rings is 2. The van der Waals surface area contributed by atoms with Gasteiger partial charge in [-0.15, -0.1) is 5.10 Å². The lowest BCUT2D eigenvalue weighted by atomic mass is 10.0. The molecule has 122 valence electrons. The molecule has 0 saturated carbocycles. The Kier molecular flexibility index (Phi) is 4.90. The standard InChI is InChI=1S/C17H14FN3O2S/c1-23-15-7-6-13(18)8-14(15)12-4-2-11(3-5-12)9-19-21-17-20-16(22)10-24-17/h2-9H,10H2,1H3,(H,20,21,22). The molecular formula is C17H14FN3O2S. The monoisotopic (exact) mass is 343 g/mol. The number of amides is 1. The Morgan fingerprint density at radius 1 is 1.25 bits per heavy atom. The molecule has 1 N–H and O–H groups in total. The lowest BCUT2D eigenvalue weighted by Crippen LogP contribution is -2.19. The highest BCUT2D eigenvalue weighted by Crippen LogP contribution is 2.30. The molecule has 3 rings (SSSR count). The smallest absolute Gasteiger partial charge is 0.236 e. The van der Waals surface area contributed by atoms with E-state index in [0.29, 0.717) is 22.2 Å². The van der Waals surface area contributed by atoms with Gasteiger partial charge in [-0.1, -0.05) is 36.0 Å². The second-order valence-corrected chi connectivity index (χ2v) is 5.92. The first kappa shape index (κ1) is 16.2. The number of hydrogen-bond acceptors (Lipinski definition) is 5. The van der Waals surface area contributed by atoms with E-state index in [0.717, 1.165) is 11.1 Å². The number of carbonyl (C=O) groups is 1. The van der Waals surface area contributed by atoms with Gasteiger partial charge in [-0.2, -0.15) is 5.10 Å². The second kappa shape index (κ2) is 7.27. The van der Waals surface area contributed by atoms with E-state index >= 15 is 0 Å². The highest BCUT2D eigenvalue weighted by atomic mass is 32.2. The van der Waals surface area contributed by atoms with Crippen LogP contribution in [0, 0.1) is 5.82 Å². The fourth-order valence-electron chi connectivity index (χ4n) is 2.18. The predicted octanol–water partition coefficient (Wildman–Crippen LogP) is 3.05. The first-order chi connectivity index (χ1) is 11.7. The Morgan fingerprint density at radius 2 is 2.04 bits per heavy atom. The number of hydrogen-bond donors (Lipinski definition) is 1. The first-order valence-corrected chi connectivity index (χ1v) is 8.12. The van der Waals surface area contributed by atoms with Crippen LogP contribution in [0.2, 0.25) is 0 Å². The summed E-state index contributed by atoms with van der Waals surface area (Å²) in [7, 11) is 1.55. The number of halogens is 1. The fourth-order valence-corrected chi connectivity index (χ4v) is 2.81. The SMILES string of the molecule is COc1ccc(F)cc1-c1ccc(C=NN=C2NC(=O)CS2)cc1. The molecule has 0 radical (unpaired) electrons. The van der Waals surface area contributed by atoms with Gasteiger partial charge < -0.3 is 10.1 Å². The Bertz CT molecular complexity index is 819. The van der Waals surface area contributed by atoms with Crippen LogP contribution in [0.3, 0.4) is 0 Å². The summed E-state index contributed by atoms with van der Waals surface area (Å²) in [5, 5.41) is 11.0. The molecule has 0 unspecified atom stereocenters. The summed E-state index contributed by atoms with van der Waals surface area (Å²) in [5.74, 6) is 0.599. The molecule has 7 heteroatoms. The van der Waals surface area contributed by atoms with Crippen molar-refractivity contribution in [3.05, 3.63) is 53.8 Å². The lowest BCUT2D eigenvalue weighted by molar-refractivity contribution is -0.116. The molecule has 2 aromatic rings. The summed E-state index contributed by atoms with van der Waals surface area (Å²) in [6.45, 7) is 0. The normalized spacial score (nSPS) is 15.9. The number of rotatable bonds is 4. The number of methoxy groups -OCH3 is 1. The van der Waals surface area contributed by atoms with Crippen LogP contribution < -0.4 is 10.1 Å². The summed E-state index contributed by atoms with van der Waals surface area (Å²) >= 11 is 1.32. The maximum Gasteiger partial charge on any atom is 0.236 e. The molecule has 1 amide bonds. The van der Waals surface area contributed by atoms with Crippen LogP contribution in [0.4, 0.5) is 4.39 Å². The predicted molar refractivity (Wildman–Crippen MR) is 94.0 cm³/mol. The minimum atomic E-state index is -0.316. The van der Waals surface area contributed by atoms with E-state index in [4.69, 9.17) is 4.74 Å². The van der Waals surface area contributed by atoms with Crippen LogP contribution >= 0.6 is 11.8 Å². The zero-order valence-corrected chi connectivity index (χ0v) is 13.6. The highest BCUT2D eigenvalue weighted by molar-refractivity contribution is 8.15. The molecule has 1 fully saturated rings. The van der Waals surface area contributed by atoms with Crippen LogP contribution in [-0.4, -0.2) is 30.2 Å². The topological polar surface area (TPSA) is 63.1 Å². The van der Waals surface area contributed by atoms with Gasteiger partial charge in [-0.3, -0.25) is 4.79 Å². The van der Waals surface area contributed by atoms with Crippen molar-refractivity contribution in [3.8, 4) is 16.9 Å². The van der Waals surface area contributed by atoms with Gasteiger partial charge in [0.1, 0.15) is 11.6 Å². The van der Waals surface area contributed by atoms with Crippen molar-refractivity contribution >= 4 is 29.1 Å². The van der Waals surface area contributed by atoms with E-state index in [-0.39, 0.29) is 11.7 Å². The molecule has 0 aliphatic carbocycles. The highest BCUT2D eigenvalue weighted by Gasteiger charge is 2.15.